The van der Waals surface area contributed by atoms with E-state index in [9.17, 15) is 9.59 Å². The number of benzene rings is 2. The number of amides is 2. The van der Waals surface area contributed by atoms with Crippen molar-refractivity contribution in [3.63, 3.8) is 0 Å². The van der Waals surface area contributed by atoms with Crippen molar-refractivity contribution in [3.05, 3.63) is 59.2 Å². The molecular formula is C21H21N3O3S. The average Bonchev–Trinajstić information content (AvgIpc) is 3.18. The fraction of sp³-hybridized carbons (Fsp3) is 0.286. The molecule has 6 nitrogen and oxygen atoms in total. The summed E-state index contributed by atoms with van der Waals surface area (Å²) in [7, 11) is 0. The van der Waals surface area contributed by atoms with Gasteiger partial charge in [0, 0.05) is 11.4 Å². The maximum atomic E-state index is 12.7. The van der Waals surface area contributed by atoms with Crippen LogP contribution in [0.4, 0.5) is 5.69 Å². The minimum atomic E-state index is -0.547. The van der Waals surface area contributed by atoms with Crippen LogP contribution in [0.2, 0.25) is 0 Å². The molecule has 2 aromatic rings. The summed E-state index contributed by atoms with van der Waals surface area (Å²) in [6.45, 7) is 3.77. The second-order valence-electron chi connectivity index (χ2n) is 6.57. The second kappa shape index (κ2) is 8.81. The summed E-state index contributed by atoms with van der Waals surface area (Å²) in [6, 6.07) is 13.9. The highest BCUT2D eigenvalue weighted by atomic mass is 32.2. The van der Waals surface area contributed by atoms with Crippen LogP contribution in [-0.4, -0.2) is 41.0 Å². The number of anilines is 1. The third-order valence-electron chi connectivity index (χ3n) is 4.54. The Morgan fingerprint density at radius 2 is 1.89 bits per heavy atom. The molecular weight excluding hydrogens is 374 g/mol. The second-order valence-corrected chi connectivity index (χ2v) is 7.57. The maximum Gasteiger partial charge on any atom is 0.261 e. The van der Waals surface area contributed by atoms with Gasteiger partial charge in [-0.05, 0) is 49.2 Å². The summed E-state index contributed by atoms with van der Waals surface area (Å²) < 4.78 is 5.75. The van der Waals surface area contributed by atoms with E-state index in [1.54, 1.807) is 29.2 Å². The van der Waals surface area contributed by atoms with Gasteiger partial charge in [0.2, 0.25) is 5.91 Å². The van der Waals surface area contributed by atoms with Crippen LogP contribution in [0.5, 0.6) is 5.75 Å². The van der Waals surface area contributed by atoms with E-state index in [0.717, 1.165) is 11.1 Å². The van der Waals surface area contributed by atoms with Crippen molar-refractivity contribution in [1.82, 2.24) is 4.90 Å². The molecule has 28 heavy (non-hydrogen) atoms. The number of rotatable bonds is 5. The zero-order chi connectivity index (χ0) is 20.1. The first-order chi connectivity index (χ1) is 13.5. The van der Waals surface area contributed by atoms with Crippen LogP contribution in [-0.2, 0) is 9.59 Å². The number of nitrogens with one attached hydrogen (secondary N) is 1. The molecule has 0 spiro atoms. The third-order valence-corrected chi connectivity index (χ3v) is 5.55. The first kappa shape index (κ1) is 19.8. The summed E-state index contributed by atoms with van der Waals surface area (Å²) in [5, 5.41) is 11.7. The molecule has 1 atom stereocenters. The van der Waals surface area contributed by atoms with Gasteiger partial charge < -0.3 is 15.0 Å². The molecule has 1 N–H and O–H groups in total. The van der Waals surface area contributed by atoms with Crippen LogP contribution in [0, 0.1) is 25.2 Å². The van der Waals surface area contributed by atoms with E-state index < -0.39 is 6.04 Å². The predicted octanol–water partition coefficient (Wildman–Crippen LogP) is 3.09. The highest BCUT2D eigenvalue weighted by Gasteiger charge is 2.34. The van der Waals surface area contributed by atoms with Crippen LogP contribution in [0.3, 0.4) is 0 Å². The first-order valence-corrected chi connectivity index (χ1v) is 10.0. The Bertz CT molecular complexity index is 901. The number of para-hydroxylation sites is 1. The first-order valence-electron chi connectivity index (χ1n) is 8.87. The number of hydrogen-bond acceptors (Lipinski definition) is 5. The van der Waals surface area contributed by atoms with Crippen molar-refractivity contribution in [3.8, 4) is 11.8 Å². The highest BCUT2D eigenvalue weighted by Crippen LogP contribution is 2.25. The fourth-order valence-electron chi connectivity index (χ4n) is 3.00. The number of nitriles is 1. The Kier molecular flexibility index (Phi) is 6.22. The van der Waals surface area contributed by atoms with Crippen LogP contribution < -0.4 is 10.1 Å². The third kappa shape index (κ3) is 4.46. The van der Waals surface area contributed by atoms with E-state index in [2.05, 4.69) is 5.32 Å². The zero-order valence-electron chi connectivity index (χ0n) is 15.8. The summed E-state index contributed by atoms with van der Waals surface area (Å²) in [6.07, 6.45) is 0. The lowest BCUT2D eigenvalue weighted by Crippen LogP contribution is -2.46. The van der Waals surface area contributed by atoms with E-state index in [1.807, 2.05) is 38.1 Å². The molecule has 3 rings (SSSR count). The average molecular weight is 395 g/mol. The number of carbonyl (C=O) groups excluding carboxylic acids is 2. The molecule has 1 fully saturated rings. The molecule has 1 heterocycles. The van der Waals surface area contributed by atoms with Gasteiger partial charge in [-0.2, -0.15) is 5.26 Å². The predicted molar refractivity (Wildman–Crippen MR) is 109 cm³/mol. The Balaban J connectivity index is 1.62. The van der Waals surface area contributed by atoms with E-state index in [4.69, 9.17) is 10.00 Å². The number of nitrogens with zero attached hydrogens (tertiary/aromatic N) is 2. The molecule has 2 aromatic carbocycles. The van der Waals surface area contributed by atoms with Gasteiger partial charge in [0.15, 0.2) is 6.61 Å². The number of thioether (sulfide) groups is 1. The molecule has 0 aromatic heterocycles. The molecule has 0 aliphatic carbocycles. The lowest BCUT2D eigenvalue weighted by Gasteiger charge is -2.23. The molecule has 0 radical (unpaired) electrons. The standard InChI is InChI=1S/C21H21N3O3S/c1-14-4-3-5-15(2)20(14)27-11-19(25)24-13-28-12-18(24)21(26)23-17-8-6-16(10-22)7-9-17/h3-9,18H,11-13H2,1-2H3,(H,23,26). The van der Waals surface area contributed by atoms with E-state index >= 15 is 0 Å². The van der Waals surface area contributed by atoms with Gasteiger partial charge in [0.25, 0.3) is 5.91 Å². The SMILES string of the molecule is Cc1cccc(C)c1OCC(=O)N1CSCC1C(=O)Nc1ccc(C#N)cc1. The van der Waals surface area contributed by atoms with Crippen molar-refractivity contribution in [2.45, 2.75) is 19.9 Å². The Morgan fingerprint density at radius 1 is 1.21 bits per heavy atom. The molecule has 144 valence electrons. The van der Waals surface area contributed by atoms with Gasteiger partial charge in [-0.3, -0.25) is 9.59 Å². The molecule has 1 aliphatic rings. The molecule has 7 heteroatoms. The molecule has 1 saturated heterocycles. The molecule has 0 bridgehead atoms. The van der Waals surface area contributed by atoms with E-state index in [-0.39, 0.29) is 18.4 Å². The highest BCUT2D eigenvalue weighted by molar-refractivity contribution is 7.99. The lowest BCUT2D eigenvalue weighted by molar-refractivity contribution is -0.137. The molecule has 0 saturated carbocycles. The van der Waals surface area contributed by atoms with Gasteiger partial charge in [-0.1, -0.05) is 18.2 Å². The Morgan fingerprint density at radius 3 is 2.54 bits per heavy atom. The van der Waals surface area contributed by atoms with Crippen molar-refractivity contribution < 1.29 is 14.3 Å². The smallest absolute Gasteiger partial charge is 0.261 e. The van der Waals surface area contributed by atoms with Crippen LogP contribution in [0.25, 0.3) is 0 Å². The summed E-state index contributed by atoms with van der Waals surface area (Å²) in [4.78, 5) is 26.9. The van der Waals surface area contributed by atoms with Gasteiger partial charge >= 0.3 is 0 Å². The molecule has 1 aliphatic heterocycles. The van der Waals surface area contributed by atoms with Crippen molar-refractivity contribution in [2.24, 2.45) is 0 Å². The van der Waals surface area contributed by atoms with Crippen LogP contribution in [0.1, 0.15) is 16.7 Å². The van der Waals surface area contributed by atoms with Crippen molar-refractivity contribution in [2.75, 3.05) is 23.6 Å². The fourth-order valence-corrected chi connectivity index (χ4v) is 4.18. The molecule has 1 unspecified atom stereocenters. The number of aryl methyl sites for hydroxylation is 2. The van der Waals surface area contributed by atoms with Crippen LogP contribution >= 0.6 is 11.8 Å². The van der Waals surface area contributed by atoms with Crippen molar-refractivity contribution >= 4 is 29.3 Å². The topological polar surface area (TPSA) is 82.4 Å². The molecule has 2 amide bonds. The number of carbonyl (C=O) groups is 2. The van der Waals surface area contributed by atoms with E-state index in [0.29, 0.717) is 28.6 Å². The summed E-state index contributed by atoms with van der Waals surface area (Å²) in [5.41, 5.74) is 3.06. The van der Waals surface area contributed by atoms with Crippen molar-refractivity contribution in [1.29, 1.82) is 5.26 Å². The van der Waals surface area contributed by atoms with Gasteiger partial charge in [0.05, 0.1) is 17.5 Å². The maximum absolute atomic E-state index is 12.7. The quantitative estimate of drug-likeness (QED) is 0.841. The van der Waals surface area contributed by atoms with Gasteiger partial charge in [-0.15, -0.1) is 11.8 Å². The summed E-state index contributed by atoms with van der Waals surface area (Å²) in [5.74, 6) is 1.25. The zero-order valence-corrected chi connectivity index (χ0v) is 16.6. The Labute approximate surface area is 168 Å². The Hall–Kier alpha value is -2.98. The lowest BCUT2D eigenvalue weighted by atomic mass is 10.1. The van der Waals surface area contributed by atoms with E-state index in [1.165, 1.54) is 11.8 Å². The normalized spacial score (nSPS) is 15.8. The minimum absolute atomic E-state index is 0.104. The minimum Gasteiger partial charge on any atom is -0.483 e. The number of ether oxygens (including phenoxy) is 1. The van der Waals surface area contributed by atoms with Gasteiger partial charge in [-0.25, -0.2) is 0 Å². The summed E-state index contributed by atoms with van der Waals surface area (Å²) >= 11 is 1.54. The largest absolute Gasteiger partial charge is 0.483 e. The monoisotopic (exact) mass is 395 g/mol. The van der Waals surface area contributed by atoms with Gasteiger partial charge in [0.1, 0.15) is 11.8 Å². The van der Waals surface area contributed by atoms with Crippen LogP contribution in [0.15, 0.2) is 42.5 Å². The number of hydrogen-bond donors (Lipinski definition) is 1.